The van der Waals surface area contributed by atoms with Crippen molar-refractivity contribution in [2.45, 2.75) is 32.7 Å². The molecule has 1 atom stereocenters. The van der Waals surface area contributed by atoms with Crippen molar-refractivity contribution in [2.24, 2.45) is 0 Å². The summed E-state index contributed by atoms with van der Waals surface area (Å²) < 4.78 is 25.9. The maximum absolute atomic E-state index is 12.3. The summed E-state index contributed by atoms with van der Waals surface area (Å²) in [5.74, 6) is -0.279. The van der Waals surface area contributed by atoms with E-state index >= 15 is 0 Å². The van der Waals surface area contributed by atoms with Crippen LogP contribution in [0.15, 0.2) is 24.3 Å². The van der Waals surface area contributed by atoms with Gasteiger partial charge in [-0.3, -0.25) is 4.79 Å². The van der Waals surface area contributed by atoms with Crippen LogP contribution in [0.2, 0.25) is 0 Å². The summed E-state index contributed by atoms with van der Waals surface area (Å²) in [7, 11) is -3.29. The first-order chi connectivity index (χ1) is 11.9. The minimum absolute atomic E-state index is 0.0586. The number of anilines is 1. The van der Waals surface area contributed by atoms with Gasteiger partial charge in [0.15, 0.2) is 0 Å². The van der Waals surface area contributed by atoms with Crippen molar-refractivity contribution in [3.05, 3.63) is 39.8 Å². The Kier molecular flexibility index (Phi) is 5.16. The molecule has 0 saturated carbocycles. The standard InChI is InChI=1S/C16H20N4O3S2/c1-3-25(22,23)20-10-4-5-13(20)15-18-19-16(24-15)14(21)17-12-8-6-11(2)7-9-12/h6-9,13H,3-5,10H2,1-2H3,(H,17,21)/t13-/m1/s1. The number of hydrogen-bond donors (Lipinski definition) is 1. The lowest BCUT2D eigenvalue weighted by Crippen LogP contribution is -2.31. The Morgan fingerprint density at radius 2 is 2.04 bits per heavy atom. The van der Waals surface area contributed by atoms with Gasteiger partial charge in [0.2, 0.25) is 15.0 Å². The second kappa shape index (κ2) is 7.19. The van der Waals surface area contributed by atoms with Crippen LogP contribution in [0.3, 0.4) is 0 Å². The van der Waals surface area contributed by atoms with Gasteiger partial charge in [-0.15, -0.1) is 10.2 Å². The molecule has 9 heteroatoms. The van der Waals surface area contributed by atoms with Crippen LogP contribution in [0.1, 0.15) is 46.2 Å². The molecule has 0 unspecified atom stereocenters. The van der Waals surface area contributed by atoms with E-state index in [4.69, 9.17) is 0 Å². The summed E-state index contributed by atoms with van der Waals surface area (Å²) in [6.45, 7) is 4.09. The average molecular weight is 380 g/mol. The predicted molar refractivity (Wildman–Crippen MR) is 97.2 cm³/mol. The van der Waals surface area contributed by atoms with E-state index in [-0.39, 0.29) is 22.7 Å². The Balaban J connectivity index is 1.75. The van der Waals surface area contributed by atoms with E-state index in [0.29, 0.717) is 23.7 Å². The van der Waals surface area contributed by atoms with Crippen LogP contribution in [0.5, 0.6) is 0 Å². The van der Waals surface area contributed by atoms with Crippen LogP contribution < -0.4 is 5.32 Å². The fraction of sp³-hybridized carbons (Fsp3) is 0.438. The molecule has 1 amide bonds. The number of nitrogens with one attached hydrogen (secondary N) is 1. The Morgan fingerprint density at radius 1 is 1.32 bits per heavy atom. The molecule has 1 N–H and O–H groups in total. The summed E-state index contributed by atoms with van der Waals surface area (Å²) in [6, 6.07) is 7.15. The zero-order chi connectivity index (χ0) is 18.0. The van der Waals surface area contributed by atoms with Crippen LogP contribution in [0, 0.1) is 6.92 Å². The first-order valence-electron chi connectivity index (χ1n) is 8.11. The van der Waals surface area contributed by atoms with Gasteiger partial charge >= 0.3 is 0 Å². The van der Waals surface area contributed by atoms with Crippen molar-refractivity contribution >= 4 is 33.0 Å². The van der Waals surface area contributed by atoms with E-state index < -0.39 is 10.0 Å². The van der Waals surface area contributed by atoms with E-state index in [1.54, 1.807) is 6.92 Å². The molecule has 1 aliphatic heterocycles. The monoisotopic (exact) mass is 380 g/mol. The third-order valence-corrected chi connectivity index (χ3v) is 7.06. The number of aryl methyl sites for hydroxylation is 1. The number of benzene rings is 1. The molecule has 2 aromatic rings. The quantitative estimate of drug-likeness (QED) is 0.861. The summed E-state index contributed by atoms with van der Waals surface area (Å²) in [6.07, 6.45) is 1.49. The summed E-state index contributed by atoms with van der Waals surface area (Å²) >= 11 is 1.15. The number of nitrogens with zero attached hydrogens (tertiary/aromatic N) is 3. The molecule has 1 aliphatic rings. The Hall–Kier alpha value is -1.84. The lowest BCUT2D eigenvalue weighted by atomic mass is 10.2. The maximum Gasteiger partial charge on any atom is 0.286 e. The molecule has 1 aromatic carbocycles. The second-order valence-corrected chi connectivity index (χ2v) is 9.15. The van der Waals surface area contributed by atoms with Crippen LogP contribution in [-0.4, -0.2) is 41.1 Å². The Bertz CT molecular complexity index is 862. The molecule has 1 aromatic heterocycles. The largest absolute Gasteiger partial charge is 0.320 e. The molecule has 0 aliphatic carbocycles. The van der Waals surface area contributed by atoms with Crippen molar-refractivity contribution in [2.75, 3.05) is 17.6 Å². The highest BCUT2D eigenvalue weighted by atomic mass is 32.2. The predicted octanol–water partition coefficient (Wildman–Crippen LogP) is 2.59. The van der Waals surface area contributed by atoms with E-state index in [1.807, 2.05) is 31.2 Å². The molecule has 7 nitrogen and oxygen atoms in total. The van der Waals surface area contributed by atoms with Crippen molar-refractivity contribution in [1.29, 1.82) is 0 Å². The second-order valence-electron chi connectivity index (χ2n) is 5.93. The fourth-order valence-electron chi connectivity index (χ4n) is 2.77. The highest BCUT2D eigenvalue weighted by Crippen LogP contribution is 2.35. The summed E-state index contributed by atoms with van der Waals surface area (Å²) in [5, 5.41) is 11.6. The third-order valence-electron chi connectivity index (χ3n) is 4.16. The zero-order valence-corrected chi connectivity index (χ0v) is 15.7. The van der Waals surface area contributed by atoms with Crippen LogP contribution in [0.4, 0.5) is 5.69 Å². The summed E-state index contributed by atoms with van der Waals surface area (Å²) in [5.41, 5.74) is 1.79. The molecule has 1 fully saturated rings. The molecule has 25 heavy (non-hydrogen) atoms. The Morgan fingerprint density at radius 3 is 2.72 bits per heavy atom. The molecule has 1 saturated heterocycles. The normalized spacial score (nSPS) is 18.4. The number of sulfonamides is 1. The smallest absolute Gasteiger partial charge is 0.286 e. The molecular weight excluding hydrogens is 360 g/mol. The van der Waals surface area contributed by atoms with Gasteiger partial charge in [0, 0.05) is 12.2 Å². The van der Waals surface area contributed by atoms with E-state index in [2.05, 4.69) is 15.5 Å². The fourth-order valence-corrected chi connectivity index (χ4v) is 5.05. The molecular formula is C16H20N4O3S2. The van der Waals surface area contributed by atoms with Gasteiger partial charge in [0.25, 0.3) is 5.91 Å². The minimum atomic E-state index is -3.29. The first kappa shape index (κ1) is 18.0. The van der Waals surface area contributed by atoms with E-state index in [0.717, 1.165) is 23.3 Å². The van der Waals surface area contributed by atoms with Gasteiger partial charge in [-0.1, -0.05) is 29.0 Å². The lowest BCUT2D eigenvalue weighted by molar-refractivity contribution is 0.102. The summed E-state index contributed by atoms with van der Waals surface area (Å²) in [4.78, 5) is 12.3. The van der Waals surface area contributed by atoms with Crippen LogP contribution in [0.25, 0.3) is 0 Å². The Labute approximate surface area is 151 Å². The topological polar surface area (TPSA) is 92.3 Å². The van der Waals surface area contributed by atoms with Gasteiger partial charge in [0.1, 0.15) is 5.01 Å². The number of rotatable bonds is 5. The first-order valence-corrected chi connectivity index (χ1v) is 10.5. The van der Waals surface area contributed by atoms with Crippen LogP contribution >= 0.6 is 11.3 Å². The number of hydrogen-bond acceptors (Lipinski definition) is 6. The average Bonchev–Trinajstić information content (AvgIpc) is 3.26. The van der Waals surface area contributed by atoms with Crippen molar-refractivity contribution < 1.29 is 13.2 Å². The van der Waals surface area contributed by atoms with Gasteiger partial charge in [0.05, 0.1) is 11.8 Å². The van der Waals surface area contributed by atoms with Crippen molar-refractivity contribution in [3.63, 3.8) is 0 Å². The molecule has 0 spiro atoms. The maximum atomic E-state index is 12.3. The van der Waals surface area contributed by atoms with Gasteiger partial charge < -0.3 is 5.32 Å². The van der Waals surface area contributed by atoms with E-state index in [9.17, 15) is 13.2 Å². The molecule has 3 rings (SSSR count). The molecule has 0 radical (unpaired) electrons. The van der Waals surface area contributed by atoms with Gasteiger partial charge in [-0.25, -0.2) is 8.42 Å². The molecule has 2 heterocycles. The number of aromatic nitrogens is 2. The van der Waals surface area contributed by atoms with E-state index in [1.165, 1.54) is 4.31 Å². The van der Waals surface area contributed by atoms with Crippen molar-refractivity contribution in [3.8, 4) is 0 Å². The lowest BCUT2D eigenvalue weighted by Gasteiger charge is -2.21. The number of carbonyl (C=O) groups is 1. The highest BCUT2D eigenvalue weighted by Gasteiger charge is 2.36. The van der Waals surface area contributed by atoms with Gasteiger partial charge in [-0.05, 0) is 38.8 Å². The molecule has 0 bridgehead atoms. The van der Waals surface area contributed by atoms with Crippen LogP contribution in [-0.2, 0) is 10.0 Å². The SMILES string of the molecule is CCS(=O)(=O)N1CCC[C@@H]1c1nnc(C(=O)Nc2ccc(C)cc2)s1. The van der Waals surface area contributed by atoms with Gasteiger partial charge in [-0.2, -0.15) is 4.31 Å². The number of carbonyl (C=O) groups excluding carboxylic acids is 1. The minimum Gasteiger partial charge on any atom is -0.320 e. The highest BCUT2D eigenvalue weighted by molar-refractivity contribution is 7.89. The zero-order valence-electron chi connectivity index (χ0n) is 14.1. The third kappa shape index (κ3) is 3.88. The van der Waals surface area contributed by atoms with Crippen molar-refractivity contribution in [1.82, 2.24) is 14.5 Å². The molecule has 134 valence electrons. The number of amides is 1.